The van der Waals surface area contributed by atoms with Gasteiger partial charge >= 0.3 is 5.63 Å². The van der Waals surface area contributed by atoms with E-state index in [2.05, 4.69) is 6.07 Å². The molecule has 0 spiro atoms. The molecule has 0 saturated carbocycles. The van der Waals surface area contributed by atoms with Crippen LogP contribution in [0.2, 0.25) is 0 Å². The van der Waals surface area contributed by atoms with Gasteiger partial charge in [-0.05, 0) is 62.2 Å². The summed E-state index contributed by atoms with van der Waals surface area (Å²) in [5, 5.41) is 0.763. The number of hydrogen-bond acceptors (Lipinski definition) is 5. The van der Waals surface area contributed by atoms with Gasteiger partial charge in [0.05, 0.1) is 0 Å². The molecule has 1 aliphatic rings. The standard InChI is InChI=1S/C24H24N2O5/c1-15-10-16(2)12-19(11-15)26-9-8-25(14-22(26)27)24(29)17(3)30-20-6-4-18-5-7-23(28)31-21(18)13-20/h4-7,10-13,17H,8-9,14H2,1-3H3. The minimum atomic E-state index is -0.784. The Labute approximate surface area is 179 Å². The minimum Gasteiger partial charge on any atom is -0.481 e. The summed E-state index contributed by atoms with van der Waals surface area (Å²) in [5.41, 5.74) is 2.98. The quantitative estimate of drug-likeness (QED) is 0.606. The van der Waals surface area contributed by atoms with Crippen molar-refractivity contribution in [1.29, 1.82) is 0 Å². The van der Waals surface area contributed by atoms with E-state index in [4.69, 9.17) is 9.15 Å². The predicted molar refractivity (Wildman–Crippen MR) is 117 cm³/mol. The van der Waals surface area contributed by atoms with Crippen molar-refractivity contribution in [3.63, 3.8) is 0 Å². The third-order valence-electron chi connectivity index (χ3n) is 5.31. The van der Waals surface area contributed by atoms with Crippen LogP contribution in [0.3, 0.4) is 0 Å². The molecule has 1 unspecified atom stereocenters. The van der Waals surface area contributed by atoms with Crippen LogP contribution >= 0.6 is 0 Å². The first kappa shape index (κ1) is 20.7. The summed E-state index contributed by atoms with van der Waals surface area (Å²) in [6.07, 6.45) is -0.784. The maximum Gasteiger partial charge on any atom is 0.336 e. The molecule has 1 atom stereocenters. The second kappa shape index (κ2) is 8.26. The van der Waals surface area contributed by atoms with Crippen LogP contribution in [0, 0.1) is 13.8 Å². The van der Waals surface area contributed by atoms with Crippen molar-refractivity contribution in [3.05, 3.63) is 70.1 Å². The first-order valence-electron chi connectivity index (χ1n) is 10.2. The number of nitrogens with zero attached hydrogens (tertiary/aromatic N) is 2. The number of rotatable bonds is 4. The zero-order valence-corrected chi connectivity index (χ0v) is 17.8. The molecule has 3 aromatic rings. The summed E-state index contributed by atoms with van der Waals surface area (Å²) >= 11 is 0. The summed E-state index contributed by atoms with van der Waals surface area (Å²) in [6, 6.07) is 14.1. The van der Waals surface area contributed by atoms with Crippen molar-refractivity contribution in [3.8, 4) is 5.75 Å². The predicted octanol–water partition coefficient (Wildman–Crippen LogP) is 3.05. The molecule has 2 amide bonds. The third-order valence-corrected chi connectivity index (χ3v) is 5.31. The van der Waals surface area contributed by atoms with E-state index in [0.29, 0.717) is 24.4 Å². The number of benzene rings is 2. The van der Waals surface area contributed by atoms with Crippen molar-refractivity contribution in [2.24, 2.45) is 0 Å². The fourth-order valence-electron chi connectivity index (χ4n) is 3.87. The number of carbonyl (C=O) groups is 2. The molecule has 0 aliphatic carbocycles. The monoisotopic (exact) mass is 420 g/mol. The summed E-state index contributed by atoms with van der Waals surface area (Å²) in [6.45, 7) is 6.51. The highest BCUT2D eigenvalue weighted by atomic mass is 16.5. The van der Waals surface area contributed by atoms with E-state index in [1.54, 1.807) is 36.1 Å². The zero-order valence-electron chi connectivity index (χ0n) is 17.8. The van der Waals surface area contributed by atoms with Crippen molar-refractivity contribution < 1.29 is 18.7 Å². The lowest BCUT2D eigenvalue weighted by molar-refractivity contribution is -0.142. The molecular formula is C24H24N2O5. The number of amides is 2. The molecule has 1 saturated heterocycles. The number of hydrogen-bond donors (Lipinski definition) is 0. The van der Waals surface area contributed by atoms with Gasteiger partial charge in [0, 0.05) is 36.3 Å². The van der Waals surface area contributed by atoms with Gasteiger partial charge in [-0.3, -0.25) is 9.59 Å². The molecule has 160 valence electrons. The maximum absolute atomic E-state index is 12.9. The van der Waals surface area contributed by atoms with E-state index in [1.807, 2.05) is 26.0 Å². The lowest BCUT2D eigenvalue weighted by Crippen LogP contribution is -2.55. The first-order valence-corrected chi connectivity index (χ1v) is 10.2. The van der Waals surface area contributed by atoms with Crippen LogP contribution in [0.1, 0.15) is 18.1 Å². The smallest absolute Gasteiger partial charge is 0.336 e. The van der Waals surface area contributed by atoms with Crippen LogP contribution in [0.4, 0.5) is 5.69 Å². The number of aryl methyl sites for hydroxylation is 2. The van der Waals surface area contributed by atoms with Crippen LogP contribution < -0.4 is 15.3 Å². The van der Waals surface area contributed by atoms with Crippen LogP contribution in [0.25, 0.3) is 11.0 Å². The average molecular weight is 420 g/mol. The van der Waals surface area contributed by atoms with Gasteiger partial charge < -0.3 is 19.0 Å². The van der Waals surface area contributed by atoms with Gasteiger partial charge in [-0.25, -0.2) is 4.79 Å². The fourth-order valence-corrected chi connectivity index (χ4v) is 3.87. The normalized spacial score (nSPS) is 15.3. The highest BCUT2D eigenvalue weighted by Gasteiger charge is 2.31. The van der Waals surface area contributed by atoms with Crippen LogP contribution in [-0.4, -0.2) is 42.5 Å². The Kier molecular flexibility index (Phi) is 5.50. The van der Waals surface area contributed by atoms with Gasteiger partial charge in [-0.15, -0.1) is 0 Å². The minimum absolute atomic E-state index is 0.00607. The molecule has 31 heavy (non-hydrogen) atoms. The van der Waals surface area contributed by atoms with E-state index in [1.165, 1.54) is 11.0 Å². The fraction of sp³-hybridized carbons (Fsp3) is 0.292. The highest BCUT2D eigenvalue weighted by Crippen LogP contribution is 2.23. The number of fused-ring (bicyclic) bond motifs is 1. The highest BCUT2D eigenvalue weighted by molar-refractivity contribution is 5.98. The van der Waals surface area contributed by atoms with Gasteiger partial charge in [0.15, 0.2) is 6.10 Å². The van der Waals surface area contributed by atoms with Crippen LogP contribution in [-0.2, 0) is 9.59 Å². The molecule has 7 heteroatoms. The zero-order chi connectivity index (χ0) is 22.1. The average Bonchev–Trinajstić information content (AvgIpc) is 2.72. The van der Waals surface area contributed by atoms with Crippen molar-refractivity contribution >= 4 is 28.5 Å². The molecule has 2 aromatic carbocycles. The largest absolute Gasteiger partial charge is 0.481 e. The molecule has 1 aromatic heterocycles. The Bertz CT molecular complexity index is 1200. The van der Waals surface area contributed by atoms with Crippen LogP contribution in [0.5, 0.6) is 5.75 Å². The summed E-state index contributed by atoms with van der Waals surface area (Å²) in [7, 11) is 0. The second-order valence-electron chi connectivity index (χ2n) is 7.87. The van der Waals surface area contributed by atoms with E-state index in [9.17, 15) is 14.4 Å². The molecule has 0 radical (unpaired) electrons. The Morgan fingerprint density at radius 2 is 1.71 bits per heavy atom. The van der Waals surface area contributed by atoms with Gasteiger partial charge in [0.2, 0.25) is 5.91 Å². The molecule has 2 heterocycles. The number of anilines is 1. The molecule has 7 nitrogen and oxygen atoms in total. The van der Waals surface area contributed by atoms with Gasteiger partial charge in [0.1, 0.15) is 17.9 Å². The molecule has 0 N–H and O–H groups in total. The Balaban J connectivity index is 1.43. The van der Waals surface area contributed by atoms with E-state index >= 15 is 0 Å². The SMILES string of the molecule is Cc1cc(C)cc(N2CCN(C(=O)C(C)Oc3ccc4ccc(=O)oc4c3)CC2=O)c1. The maximum atomic E-state index is 12.9. The van der Waals surface area contributed by atoms with Gasteiger partial charge in [0.25, 0.3) is 5.91 Å². The third kappa shape index (κ3) is 4.45. The number of piperazine rings is 1. The summed E-state index contributed by atoms with van der Waals surface area (Å²) < 4.78 is 10.9. The molecule has 0 bridgehead atoms. The van der Waals surface area contributed by atoms with E-state index in [0.717, 1.165) is 22.2 Å². The Morgan fingerprint density at radius 1 is 1.00 bits per heavy atom. The Hall–Kier alpha value is -3.61. The number of ether oxygens (including phenoxy) is 1. The van der Waals surface area contributed by atoms with E-state index < -0.39 is 11.7 Å². The van der Waals surface area contributed by atoms with Crippen molar-refractivity contribution in [2.75, 3.05) is 24.5 Å². The van der Waals surface area contributed by atoms with Crippen LogP contribution in [0.15, 0.2) is 57.7 Å². The van der Waals surface area contributed by atoms with Gasteiger partial charge in [-0.2, -0.15) is 0 Å². The second-order valence-corrected chi connectivity index (χ2v) is 7.87. The van der Waals surface area contributed by atoms with E-state index in [-0.39, 0.29) is 18.4 Å². The Morgan fingerprint density at radius 3 is 2.42 bits per heavy atom. The summed E-state index contributed by atoms with van der Waals surface area (Å²) in [5.74, 6) is 0.0372. The van der Waals surface area contributed by atoms with Crippen molar-refractivity contribution in [1.82, 2.24) is 4.90 Å². The molecule has 1 fully saturated rings. The summed E-state index contributed by atoms with van der Waals surface area (Å²) in [4.78, 5) is 40.3. The molecule has 4 rings (SSSR count). The lowest BCUT2D eigenvalue weighted by atomic mass is 10.1. The number of carbonyl (C=O) groups excluding carboxylic acids is 2. The van der Waals surface area contributed by atoms with Gasteiger partial charge in [-0.1, -0.05) is 6.07 Å². The first-order chi connectivity index (χ1) is 14.8. The van der Waals surface area contributed by atoms with Crippen molar-refractivity contribution in [2.45, 2.75) is 26.9 Å². The molecule has 1 aliphatic heterocycles. The lowest BCUT2D eigenvalue weighted by Gasteiger charge is -2.35. The molecular weight excluding hydrogens is 396 g/mol. The topological polar surface area (TPSA) is 80.1 Å².